The van der Waals surface area contributed by atoms with Crippen molar-refractivity contribution in [2.45, 2.75) is 81.4 Å². The number of hydrogen-bond acceptors (Lipinski definition) is 12. The molecule has 1 spiro atoms. The lowest BCUT2D eigenvalue weighted by Gasteiger charge is -2.61. The van der Waals surface area contributed by atoms with Crippen LogP contribution in [0.2, 0.25) is 0 Å². The monoisotopic (exact) mass is 625 g/mol. The van der Waals surface area contributed by atoms with Gasteiger partial charge in [0.15, 0.2) is 29.5 Å². The molecule has 15 heteroatoms. The highest BCUT2D eigenvalue weighted by molar-refractivity contribution is 5.93. The third-order valence-corrected chi connectivity index (χ3v) is 9.00. The van der Waals surface area contributed by atoms with E-state index in [1.807, 2.05) is 11.9 Å². The van der Waals surface area contributed by atoms with Crippen LogP contribution in [0, 0.1) is 5.92 Å². The summed E-state index contributed by atoms with van der Waals surface area (Å²) in [5.41, 5.74) is -1.08. The minimum atomic E-state index is -5.49. The molecule has 4 aliphatic rings. The molecule has 5 rings (SSSR count). The van der Waals surface area contributed by atoms with E-state index < -0.39 is 77.8 Å². The molecule has 0 aromatic heterocycles. The van der Waals surface area contributed by atoms with Crippen LogP contribution in [-0.2, 0) is 50.0 Å². The van der Waals surface area contributed by atoms with Gasteiger partial charge in [-0.05, 0) is 51.1 Å². The average molecular weight is 626 g/mol. The van der Waals surface area contributed by atoms with Crippen LogP contribution in [0.25, 0.3) is 0 Å². The zero-order valence-corrected chi connectivity index (χ0v) is 23.9. The Morgan fingerprint density at radius 3 is 2.55 bits per heavy atom. The van der Waals surface area contributed by atoms with Crippen LogP contribution in [0.5, 0.6) is 11.5 Å². The molecule has 0 radical (unpaired) electrons. The Kier molecular flexibility index (Phi) is 7.77. The number of alkyl halides is 3. The van der Waals surface area contributed by atoms with Gasteiger partial charge in [0.2, 0.25) is 0 Å². The van der Waals surface area contributed by atoms with Gasteiger partial charge in [0.1, 0.15) is 5.76 Å². The topological polar surface area (TPSA) is 166 Å². The molecule has 6 atom stereocenters. The lowest BCUT2D eigenvalue weighted by molar-refractivity contribution is -0.202. The molecular weight excluding hydrogens is 595 g/mol. The van der Waals surface area contributed by atoms with E-state index >= 15 is 0 Å². The lowest BCUT2D eigenvalue weighted by Crippen LogP contribution is -2.74. The predicted octanol–water partition coefficient (Wildman–Crippen LogP) is 1.76. The normalized spacial score (nSPS) is 28.0. The zero-order valence-electron chi connectivity index (χ0n) is 23.9. The molecular formula is C29H30F3NO11. The maximum Gasteiger partial charge on any atom is 0.491 e. The number of ether oxygens (including phenoxy) is 4. The number of carbonyl (C=O) groups excluding carboxylic acids is 5. The number of phenols is 1. The van der Waals surface area contributed by atoms with Crippen LogP contribution in [0.1, 0.15) is 50.7 Å². The van der Waals surface area contributed by atoms with Gasteiger partial charge in [0.25, 0.3) is 0 Å². The van der Waals surface area contributed by atoms with Gasteiger partial charge in [-0.1, -0.05) is 6.07 Å². The van der Waals surface area contributed by atoms with E-state index in [0.29, 0.717) is 24.9 Å². The van der Waals surface area contributed by atoms with Gasteiger partial charge in [-0.25, -0.2) is 4.79 Å². The van der Waals surface area contributed by atoms with Crippen molar-refractivity contribution in [1.82, 2.24) is 4.90 Å². The van der Waals surface area contributed by atoms with E-state index in [1.54, 1.807) is 6.07 Å². The number of likely N-dealkylation sites (N-methyl/N-ethyl adjacent to an activating group) is 1. The number of Topliss-reactive ketones (excluding diaryl/α,β-unsaturated/α-hetero) is 1. The number of ketones is 1. The number of benzene rings is 1. The van der Waals surface area contributed by atoms with Gasteiger partial charge in [0.05, 0.1) is 23.4 Å². The summed E-state index contributed by atoms with van der Waals surface area (Å²) in [5, 5.41) is 22.9. The predicted molar refractivity (Wildman–Crippen MR) is 139 cm³/mol. The fourth-order valence-corrected chi connectivity index (χ4v) is 7.00. The summed E-state index contributed by atoms with van der Waals surface area (Å²) in [6, 6.07) is 2.88. The molecule has 0 unspecified atom stereocenters. The smallest absolute Gasteiger partial charge is 0.491 e. The number of phenolic OH excluding ortho intramolecular Hbond substituents is 1. The highest BCUT2D eigenvalue weighted by Crippen LogP contribution is 2.65. The molecule has 2 heterocycles. The Bertz CT molecular complexity index is 1470. The number of aliphatic hydroxyl groups is 1. The minimum absolute atomic E-state index is 0.00816. The molecule has 2 aliphatic heterocycles. The number of hydrogen-bond donors (Lipinski definition) is 2. The van der Waals surface area contributed by atoms with Gasteiger partial charge in [-0.15, -0.1) is 0 Å². The summed E-state index contributed by atoms with van der Waals surface area (Å²) < 4.78 is 58.4. The van der Waals surface area contributed by atoms with E-state index in [0.717, 1.165) is 12.5 Å². The first-order valence-electron chi connectivity index (χ1n) is 13.9. The number of rotatable bonds is 8. The first kappa shape index (κ1) is 31.4. The van der Waals surface area contributed by atoms with E-state index in [1.165, 1.54) is 19.1 Å². The van der Waals surface area contributed by atoms with Crippen molar-refractivity contribution in [2.75, 3.05) is 13.6 Å². The van der Waals surface area contributed by atoms with Crippen LogP contribution in [0.3, 0.4) is 0 Å². The second-order valence-electron chi connectivity index (χ2n) is 11.6. The minimum Gasteiger partial charge on any atom is -0.504 e. The maximum absolute atomic E-state index is 13.5. The summed E-state index contributed by atoms with van der Waals surface area (Å²) in [5.74, 6) is -9.33. The number of piperidine rings is 1. The van der Waals surface area contributed by atoms with Gasteiger partial charge < -0.3 is 34.1 Å². The van der Waals surface area contributed by atoms with Gasteiger partial charge in [-0.3, -0.25) is 19.2 Å². The first-order chi connectivity index (χ1) is 20.5. The van der Waals surface area contributed by atoms with Crippen molar-refractivity contribution in [2.24, 2.45) is 5.92 Å². The Hall–Kier alpha value is -3.98. The largest absolute Gasteiger partial charge is 0.504 e. The highest BCUT2D eigenvalue weighted by atomic mass is 19.4. The number of aromatic hydroxyl groups is 1. The number of esters is 4. The number of carbonyl (C=O) groups is 5. The van der Waals surface area contributed by atoms with Crippen LogP contribution in [0.4, 0.5) is 13.2 Å². The molecule has 2 N–H and O–H groups in total. The summed E-state index contributed by atoms with van der Waals surface area (Å²) in [4.78, 5) is 63.0. The molecule has 12 nitrogen and oxygen atoms in total. The third-order valence-electron chi connectivity index (χ3n) is 9.00. The van der Waals surface area contributed by atoms with E-state index in [-0.39, 0.29) is 29.7 Å². The van der Waals surface area contributed by atoms with Crippen LogP contribution in [-0.4, -0.2) is 88.4 Å². The Labute approximate surface area is 248 Å². The molecule has 0 amide bonds. The van der Waals surface area contributed by atoms with Crippen molar-refractivity contribution in [1.29, 1.82) is 0 Å². The Morgan fingerprint density at radius 2 is 1.89 bits per heavy atom. The fourth-order valence-electron chi connectivity index (χ4n) is 7.00. The van der Waals surface area contributed by atoms with Crippen molar-refractivity contribution in [3.8, 4) is 11.5 Å². The SMILES string of the molecule is CC(=O)O[C@@H](C)C(=O)C[C@@H](CC(=O)OC(=O)C(F)(F)F)C(=O)OC1=CC[C@@]2(O)[C@H]3Cc4ccc(O)c5c4[C@@]2(CCN3C)[C@H]1O5. The molecule has 2 bridgehead atoms. The Balaban J connectivity index is 1.44. The van der Waals surface area contributed by atoms with Gasteiger partial charge in [-0.2, -0.15) is 13.2 Å². The van der Waals surface area contributed by atoms with Crippen molar-refractivity contribution in [3.63, 3.8) is 0 Å². The van der Waals surface area contributed by atoms with Crippen molar-refractivity contribution < 1.29 is 66.3 Å². The van der Waals surface area contributed by atoms with E-state index in [4.69, 9.17) is 14.2 Å². The summed E-state index contributed by atoms with van der Waals surface area (Å²) in [6.45, 7) is 2.77. The first-order valence-corrected chi connectivity index (χ1v) is 13.9. The van der Waals surface area contributed by atoms with E-state index in [2.05, 4.69) is 4.74 Å². The quantitative estimate of drug-likeness (QED) is 0.245. The van der Waals surface area contributed by atoms with Gasteiger partial charge in [0, 0.05) is 31.4 Å². The molecule has 238 valence electrons. The Morgan fingerprint density at radius 1 is 1.18 bits per heavy atom. The van der Waals surface area contributed by atoms with Crippen LogP contribution < -0.4 is 4.74 Å². The molecule has 2 aliphatic carbocycles. The molecule has 0 saturated carbocycles. The lowest BCUT2D eigenvalue weighted by atomic mass is 9.50. The van der Waals surface area contributed by atoms with Gasteiger partial charge >= 0.3 is 30.1 Å². The fraction of sp³-hybridized carbons (Fsp3) is 0.552. The van der Waals surface area contributed by atoms with Crippen LogP contribution >= 0.6 is 0 Å². The average Bonchev–Trinajstić information content (AvgIpc) is 3.28. The van der Waals surface area contributed by atoms with E-state index in [9.17, 15) is 47.4 Å². The number of nitrogens with zero attached hydrogens (tertiary/aromatic N) is 1. The molecule has 1 aromatic carbocycles. The molecule has 1 fully saturated rings. The molecule has 1 saturated heterocycles. The molecule has 1 aromatic rings. The number of halogens is 3. The van der Waals surface area contributed by atoms with Crippen molar-refractivity contribution >= 4 is 29.7 Å². The zero-order chi connectivity index (χ0) is 32.4. The molecule has 44 heavy (non-hydrogen) atoms. The van der Waals surface area contributed by atoms with Crippen molar-refractivity contribution in [3.05, 3.63) is 35.1 Å². The maximum atomic E-state index is 13.5. The summed E-state index contributed by atoms with van der Waals surface area (Å²) in [6.07, 6.45) is -7.66. The summed E-state index contributed by atoms with van der Waals surface area (Å²) in [7, 11) is 1.88. The third kappa shape index (κ3) is 5.01. The summed E-state index contributed by atoms with van der Waals surface area (Å²) >= 11 is 0. The second-order valence-corrected chi connectivity index (χ2v) is 11.6. The second kappa shape index (κ2) is 10.9. The number of likely N-dealkylation sites (tertiary alicyclic amines) is 1. The highest BCUT2D eigenvalue weighted by Gasteiger charge is 2.72. The van der Waals surface area contributed by atoms with Crippen LogP contribution in [0.15, 0.2) is 24.0 Å². The standard InChI is InChI=1S/C29H30F3NO11/c1-13(41-14(2)34)18(36)10-16(12-21(37)43-26(39)29(30,31)32)25(38)42-19-6-7-28(40)20-11-15-4-5-17(35)23-22(15)27(28,24(19)44-23)8-9-33(20)3/h4-6,13,16,20,24,35,40H,7-12H2,1-3H3/t13-,16-,20+,24-,27-,28+/m0/s1.